The van der Waals surface area contributed by atoms with E-state index < -0.39 is 11.7 Å². The van der Waals surface area contributed by atoms with Crippen LogP contribution in [0.2, 0.25) is 0 Å². The van der Waals surface area contributed by atoms with Gasteiger partial charge < -0.3 is 10.2 Å². The van der Waals surface area contributed by atoms with Gasteiger partial charge in [-0.1, -0.05) is 0 Å². The number of halogens is 3. The third kappa shape index (κ3) is 2.56. The van der Waals surface area contributed by atoms with Gasteiger partial charge in [-0.15, -0.1) is 0 Å². The predicted octanol–water partition coefficient (Wildman–Crippen LogP) is 3.24. The molecule has 19 heavy (non-hydrogen) atoms. The Kier molecular flexibility index (Phi) is 3.76. The smallest absolute Gasteiger partial charge is 0.371 e. The van der Waals surface area contributed by atoms with Gasteiger partial charge in [-0.3, -0.25) is 0 Å². The second kappa shape index (κ2) is 5.04. The molecule has 1 heterocycles. The van der Waals surface area contributed by atoms with Gasteiger partial charge in [-0.05, 0) is 44.7 Å². The summed E-state index contributed by atoms with van der Waals surface area (Å²) in [5.41, 5.74) is 1.18. The minimum Gasteiger partial charge on any atom is -0.371 e. The predicted molar refractivity (Wildman–Crippen MR) is 70.6 cm³/mol. The van der Waals surface area contributed by atoms with Crippen molar-refractivity contribution in [2.45, 2.75) is 32.0 Å². The van der Waals surface area contributed by atoms with Gasteiger partial charge >= 0.3 is 6.18 Å². The van der Waals surface area contributed by atoms with Gasteiger partial charge in [-0.25, -0.2) is 0 Å². The third-order valence-electron chi connectivity index (χ3n) is 3.95. The molecule has 1 aromatic carbocycles. The van der Waals surface area contributed by atoms with Crippen molar-refractivity contribution in [2.24, 2.45) is 0 Å². The average Bonchev–Trinajstić information content (AvgIpc) is 2.74. The molecule has 0 radical (unpaired) electrons. The van der Waals surface area contributed by atoms with Gasteiger partial charge in [0, 0.05) is 30.7 Å². The Morgan fingerprint density at radius 3 is 2.63 bits per heavy atom. The summed E-state index contributed by atoms with van der Waals surface area (Å²) in [5.74, 6) is 0.0993. The first-order valence-electron chi connectivity index (χ1n) is 6.51. The molecule has 2 rings (SSSR count). The first-order valence-corrected chi connectivity index (χ1v) is 6.51. The van der Waals surface area contributed by atoms with Crippen LogP contribution in [0.15, 0.2) is 18.2 Å². The van der Waals surface area contributed by atoms with E-state index in [1.807, 2.05) is 20.9 Å². The van der Waals surface area contributed by atoms with E-state index in [0.717, 1.165) is 24.3 Å². The number of fused-ring (bicyclic) bond motifs is 1. The molecule has 1 aromatic rings. The van der Waals surface area contributed by atoms with Gasteiger partial charge in [0.15, 0.2) is 0 Å². The molecule has 1 aliphatic rings. The van der Waals surface area contributed by atoms with E-state index in [-0.39, 0.29) is 12.0 Å². The fourth-order valence-corrected chi connectivity index (χ4v) is 2.68. The van der Waals surface area contributed by atoms with E-state index in [4.69, 9.17) is 0 Å². The van der Waals surface area contributed by atoms with Crippen LogP contribution in [0, 0.1) is 0 Å². The van der Waals surface area contributed by atoms with Crippen molar-refractivity contribution in [2.75, 3.05) is 25.0 Å². The molecule has 106 valence electrons. The van der Waals surface area contributed by atoms with Crippen LogP contribution < -0.4 is 10.2 Å². The highest BCUT2D eigenvalue weighted by molar-refractivity contribution is 5.62. The summed E-state index contributed by atoms with van der Waals surface area (Å²) < 4.78 is 38.4. The Labute approximate surface area is 111 Å². The molecule has 0 fully saturated rings. The van der Waals surface area contributed by atoms with Crippen LogP contribution in [0.25, 0.3) is 0 Å². The van der Waals surface area contributed by atoms with Crippen molar-refractivity contribution in [3.05, 3.63) is 29.3 Å². The number of nitrogens with one attached hydrogen (secondary N) is 1. The monoisotopic (exact) mass is 272 g/mol. The number of nitrogens with zero attached hydrogens (tertiary/aromatic N) is 1. The number of rotatable bonds is 3. The highest BCUT2D eigenvalue weighted by atomic mass is 19.4. The van der Waals surface area contributed by atoms with E-state index in [0.29, 0.717) is 0 Å². The Morgan fingerprint density at radius 2 is 2.11 bits per heavy atom. The maximum absolute atomic E-state index is 12.8. The second-order valence-electron chi connectivity index (χ2n) is 4.99. The SMILES string of the molecule is CCN1CC(C(C)NC)c2cc(C(F)(F)F)ccc21. The summed E-state index contributed by atoms with van der Waals surface area (Å²) in [6.07, 6.45) is -4.28. The Balaban J connectivity index is 2.44. The van der Waals surface area contributed by atoms with Crippen molar-refractivity contribution in [3.8, 4) is 0 Å². The standard InChI is InChI=1S/C14H19F3N2/c1-4-19-8-12(9(2)18-3)11-7-10(14(15,16)17)5-6-13(11)19/h5-7,9,12,18H,4,8H2,1-3H3. The number of alkyl halides is 3. The molecule has 1 N–H and O–H groups in total. The molecule has 0 aliphatic carbocycles. The number of anilines is 1. The maximum Gasteiger partial charge on any atom is 0.416 e. The molecule has 0 amide bonds. The molecule has 0 saturated heterocycles. The molecule has 0 saturated carbocycles. The van der Waals surface area contributed by atoms with Crippen molar-refractivity contribution < 1.29 is 13.2 Å². The minimum absolute atomic E-state index is 0.0993. The quantitative estimate of drug-likeness (QED) is 0.908. The largest absolute Gasteiger partial charge is 0.416 e. The summed E-state index contributed by atoms with van der Waals surface area (Å²) in [7, 11) is 1.84. The van der Waals surface area contributed by atoms with Gasteiger partial charge in [0.05, 0.1) is 5.56 Å². The molecule has 0 bridgehead atoms. The lowest BCUT2D eigenvalue weighted by Crippen LogP contribution is -2.32. The van der Waals surface area contributed by atoms with Gasteiger partial charge in [0.25, 0.3) is 0 Å². The first kappa shape index (κ1) is 14.2. The third-order valence-corrected chi connectivity index (χ3v) is 3.95. The van der Waals surface area contributed by atoms with Gasteiger partial charge in [-0.2, -0.15) is 13.2 Å². The molecule has 1 aliphatic heterocycles. The molecule has 2 atom stereocenters. The van der Waals surface area contributed by atoms with Crippen LogP contribution in [0.1, 0.15) is 30.9 Å². The van der Waals surface area contributed by atoms with Crippen molar-refractivity contribution >= 4 is 5.69 Å². The second-order valence-corrected chi connectivity index (χ2v) is 4.99. The average molecular weight is 272 g/mol. The fourth-order valence-electron chi connectivity index (χ4n) is 2.68. The summed E-state index contributed by atoms with van der Waals surface area (Å²) in [6, 6.07) is 4.24. The highest BCUT2D eigenvalue weighted by Crippen LogP contribution is 2.41. The zero-order valence-corrected chi connectivity index (χ0v) is 11.4. The summed E-state index contributed by atoms with van der Waals surface area (Å²) >= 11 is 0. The van der Waals surface area contributed by atoms with E-state index in [1.54, 1.807) is 6.07 Å². The minimum atomic E-state index is -4.28. The molecule has 5 heteroatoms. The Morgan fingerprint density at radius 1 is 1.42 bits per heavy atom. The Bertz CT molecular complexity index is 456. The number of likely N-dealkylation sites (N-methyl/N-ethyl adjacent to an activating group) is 2. The molecule has 2 unspecified atom stereocenters. The fraction of sp³-hybridized carbons (Fsp3) is 0.571. The molecule has 0 aromatic heterocycles. The molecular formula is C14H19F3N2. The van der Waals surface area contributed by atoms with Crippen LogP contribution in [0.3, 0.4) is 0 Å². The summed E-state index contributed by atoms with van der Waals surface area (Å²) in [4.78, 5) is 2.13. The molecule has 0 spiro atoms. The van der Waals surface area contributed by atoms with E-state index in [1.165, 1.54) is 12.1 Å². The van der Waals surface area contributed by atoms with Crippen molar-refractivity contribution in [1.29, 1.82) is 0 Å². The van der Waals surface area contributed by atoms with Crippen LogP contribution in [0.5, 0.6) is 0 Å². The van der Waals surface area contributed by atoms with Crippen LogP contribution in [0.4, 0.5) is 18.9 Å². The number of hydrogen-bond donors (Lipinski definition) is 1. The summed E-state index contributed by atoms with van der Waals surface area (Å²) in [6.45, 7) is 5.61. The highest BCUT2D eigenvalue weighted by Gasteiger charge is 2.36. The number of benzene rings is 1. The van der Waals surface area contributed by atoms with Crippen molar-refractivity contribution in [1.82, 2.24) is 5.32 Å². The topological polar surface area (TPSA) is 15.3 Å². The van der Waals surface area contributed by atoms with Crippen molar-refractivity contribution in [3.63, 3.8) is 0 Å². The molecule has 2 nitrogen and oxygen atoms in total. The zero-order chi connectivity index (χ0) is 14.2. The maximum atomic E-state index is 12.8. The van der Waals surface area contributed by atoms with Crippen LogP contribution in [-0.4, -0.2) is 26.2 Å². The lowest BCUT2D eigenvalue weighted by Gasteiger charge is -2.20. The van der Waals surface area contributed by atoms with Crippen LogP contribution >= 0.6 is 0 Å². The summed E-state index contributed by atoms with van der Waals surface area (Å²) in [5, 5.41) is 3.14. The molecular weight excluding hydrogens is 253 g/mol. The Hall–Kier alpha value is -1.23. The zero-order valence-electron chi connectivity index (χ0n) is 11.4. The number of hydrogen-bond acceptors (Lipinski definition) is 2. The lowest BCUT2D eigenvalue weighted by molar-refractivity contribution is -0.137. The van der Waals surface area contributed by atoms with E-state index >= 15 is 0 Å². The van der Waals surface area contributed by atoms with Gasteiger partial charge in [0.1, 0.15) is 0 Å². The van der Waals surface area contributed by atoms with E-state index in [9.17, 15) is 13.2 Å². The first-order chi connectivity index (χ1) is 8.88. The lowest BCUT2D eigenvalue weighted by atomic mass is 9.93. The van der Waals surface area contributed by atoms with Gasteiger partial charge in [0.2, 0.25) is 0 Å². The normalized spacial score (nSPS) is 20.5. The van der Waals surface area contributed by atoms with E-state index in [2.05, 4.69) is 10.2 Å². The van der Waals surface area contributed by atoms with Crippen LogP contribution in [-0.2, 0) is 6.18 Å².